The van der Waals surface area contributed by atoms with Crippen molar-refractivity contribution in [1.29, 1.82) is 0 Å². The molecular formula is C28H31FN6O2. The summed E-state index contributed by atoms with van der Waals surface area (Å²) < 4.78 is 21.2. The number of rotatable bonds is 5. The Labute approximate surface area is 215 Å². The number of fused-ring (bicyclic) bond motifs is 2. The Morgan fingerprint density at radius 1 is 1.16 bits per heavy atom. The van der Waals surface area contributed by atoms with Gasteiger partial charge < -0.3 is 20.3 Å². The Balaban J connectivity index is 0.000000503. The predicted octanol–water partition coefficient (Wildman–Crippen LogP) is 4.69. The number of ether oxygens (including phenoxy) is 1. The highest BCUT2D eigenvalue weighted by molar-refractivity contribution is 6.06. The van der Waals surface area contributed by atoms with Crippen LogP contribution < -0.4 is 10.6 Å². The number of carbonyl (C=O) groups excluding carboxylic acids is 1. The maximum atomic E-state index is 14.5. The highest BCUT2D eigenvalue weighted by atomic mass is 19.1. The van der Waals surface area contributed by atoms with Gasteiger partial charge in [0.1, 0.15) is 5.82 Å². The highest BCUT2D eigenvalue weighted by Gasteiger charge is 2.27. The summed E-state index contributed by atoms with van der Waals surface area (Å²) in [7, 11) is 3.98. The van der Waals surface area contributed by atoms with E-state index in [0.29, 0.717) is 29.2 Å². The van der Waals surface area contributed by atoms with Crippen LogP contribution in [0.25, 0.3) is 16.9 Å². The molecule has 6 rings (SSSR count). The minimum atomic E-state index is -0.341. The maximum Gasteiger partial charge on any atom is 0.254 e. The number of carbonyl (C=O) groups is 1. The molecule has 4 aromatic rings. The van der Waals surface area contributed by atoms with Gasteiger partial charge in [-0.15, -0.1) is 0 Å². The zero-order valence-corrected chi connectivity index (χ0v) is 21.3. The number of amides is 1. The van der Waals surface area contributed by atoms with Crippen LogP contribution in [0.5, 0.6) is 0 Å². The average Bonchev–Trinajstić information content (AvgIpc) is 3.65. The number of hydrogen-bond donors (Lipinski definition) is 2. The van der Waals surface area contributed by atoms with Gasteiger partial charge in [-0.1, -0.05) is 12.1 Å². The fourth-order valence-corrected chi connectivity index (χ4v) is 4.61. The molecule has 1 fully saturated rings. The van der Waals surface area contributed by atoms with Crippen molar-refractivity contribution in [2.45, 2.75) is 32.9 Å². The number of aryl methyl sites for hydroxylation is 1. The molecule has 0 bridgehead atoms. The number of hydrogen-bond acceptors (Lipinski definition) is 6. The molecule has 3 aromatic heterocycles. The molecule has 8 nitrogen and oxygen atoms in total. The lowest BCUT2D eigenvalue weighted by atomic mass is 9.99. The minimum absolute atomic E-state index is 0.148. The fourth-order valence-electron chi connectivity index (χ4n) is 4.61. The van der Waals surface area contributed by atoms with Crippen molar-refractivity contribution in [3.63, 3.8) is 0 Å². The number of nitrogens with one attached hydrogen (secondary N) is 2. The molecule has 0 aliphatic carbocycles. The molecule has 2 N–H and O–H groups in total. The molecule has 0 saturated carbocycles. The standard InChI is InChI=1S/C24H23FN6O.C4H8O/c1-14-9-10-31-19(12-26-23(31)22(14)25)16-7-8-18(21-17(16)11-27-24(21)32)29-20-6-4-5-15(28-20)13-30(2)3;1-2-4-5-3-1/h4-10,12H,11,13H2,1-3H3,(H,27,32)(H,28,29);1-4H2. The number of aromatic nitrogens is 3. The van der Waals surface area contributed by atoms with Gasteiger partial charge in [0.05, 0.1) is 28.8 Å². The molecular weight excluding hydrogens is 471 g/mol. The van der Waals surface area contributed by atoms with Crippen LogP contribution in [0.3, 0.4) is 0 Å². The smallest absolute Gasteiger partial charge is 0.254 e. The third-order valence-electron chi connectivity index (χ3n) is 6.43. The van der Waals surface area contributed by atoms with Crippen molar-refractivity contribution < 1.29 is 13.9 Å². The summed E-state index contributed by atoms with van der Waals surface area (Å²) in [6.07, 6.45) is 6.01. The number of imidazole rings is 1. The van der Waals surface area contributed by atoms with Gasteiger partial charge in [0, 0.05) is 38.1 Å². The SMILES string of the molecule is C1CCOC1.Cc1ccn2c(-c3ccc(Nc4cccc(CN(C)C)n4)c4c3CNC4=O)cnc2c1F. The molecule has 5 heterocycles. The molecule has 1 amide bonds. The van der Waals surface area contributed by atoms with Crippen molar-refractivity contribution >= 4 is 23.1 Å². The summed E-state index contributed by atoms with van der Waals surface area (Å²) >= 11 is 0. The monoisotopic (exact) mass is 502 g/mol. The molecule has 9 heteroatoms. The maximum absolute atomic E-state index is 14.5. The Kier molecular flexibility index (Phi) is 7.16. The normalized spacial score (nSPS) is 14.5. The van der Waals surface area contributed by atoms with E-state index in [1.807, 2.05) is 49.3 Å². The fraction of sp³-hybridized carbons (Fsp3) is 0.321. The Hall–Kier alpha value is -3.82. The van der Waals surface area contributed by atoms with E-state index in [-0.39, 0.29) is 17.4 Å². The lowest BCUT2D eigenvalue weighted by Crippen LogP contribution is -2.14. The summed E-state index contributed by atoms with van der Waals surface area (Å²) in [6.45, 7) is 4.83. The van der Waals surface area contributed by atoms with E-state index in [1.54, 1.807) is 29.8 Å². The molecule has 37 heavy (non-hydrogen) atoms. The van der Waals surface area contributed by atoms with Crippen molar-refractivity contribution in [2.24, 2.45) is 0 Å². The van der Waals surface area contributed by atoms with Crippen LogP contribution in [-0.2, 0) is 17.8 Å². The zero-order valence-electron chi connectivity index (χ0n) is 21.3. The summed E-state index contributed by atoms with van der Waals surface area (Å²) in [5.41, 5.74) is 5.44. The van der Waals surface area contributed by atoms with E-state index in [2.05, 4.69) is 20.6 Å². The topological polar surface area (TPSA) is 83.8 Å². The third-order valence-corrected chi connectivity index (χ3v) is 6.43. The van der Waals surface area contributed by atoms with Gasteiger partial charge in [-0.3, -0.25) is 9.20 Å². The molecule has 0 radical (unpaired) electrons. The van der Waals surface area contributed by atoms with Gasteiger partial charge >= 0.3 is 0 Å². The van der Waals surface area contributed by atoms with Gasteiger partial charge in [-0.2, -0.15) is 0 Å². The van der Waals surface area contributed by atoms with Crippen LogP contribution in [0.15, 0.2) is 48.8 Å². The van der Waals surface area contributed by atoms with E-state index >= 15 is 0 Å². The zero-order chi connectivity index (χ0) is 25.9. The Bertz CT molecular complexity index is 1440. The summed E-state index contributed by atoms with van der Waals surface area (Å²) in [5.74, 6) is 0.183. The van der Waals surface area contributed by atoms with E-state index in [4.69, 9.17) is 4.74 Å². The van der Waals surface area contributed by atoms with Crippen LogP contribution in [0.2, 0.25) is 0 Å². The van der Waals surface area contributed by atoms with E-state index in [9.17, 15) is 9.18 Å². The van der Waals surface area contributed by atoms with Gasteiger partial charge in [0.15, 0.2) is 11.5 Å². The molecule has 2 aliphatic rings. The van der Waals surface area contributed by atoms with Crippen LogP contribution in [0.1, 0.15) is 40.0 Å². The van der Waals surface area contributed by atoms with Crippen molar-refractivity contribution in [3.8, 4) is 11.3 Å². The van der Waals surface area contributed by atoms with Gasteiger partial charge in [-0.05, 0) is 69.3 Å². The van der Waals surface area contributed by atoms with E-state index in [0.717, 1.165) is 42.3 Å². The summed E-state index contributed by atoms with van der Waals surface area (Å²) in [6, 6.07) is 11.3. The second-order valence-corrected chi connectivity index (χ2v) is 9.54. The second-order valence-electron chi connectivity index (χ2n) is 9.54. The first-order chi connectivity index (χ1) is 17.9. The van der Waals surface area contributed by atoms with Crippen molar-refractivity contribution in [2.75, 3.05) is 32.6 Å². The number of nitrogens with zero attached hydrogens (tertiary/aromatic N) is 4. The molecule has 2 aliphatic heterocycles. The lowest BCUT2D eigenvalue weighted by molar-refractivity contribution is 0.0966. The van der Waals surface area contributed by atoms with Crippen LogP contribution in [0.4, 0.5) is 15.9 Å². The predicted molar refractivity (Wildman–Crippen MR) is 141 cm³/mol. The number of benzene rings is 1. The Morgan fingerprint density at radius 2 is 1.97 bits per heavy atom. The lowest BCUT2D eigenvalue weighted by Gasteiger charge is -2.14. The van der Waals surface area contributed by atoms with Gasteiger partial charge in [0.25, 0.3) is 5.91 Å². The molecule has 1 aromatic carbocycles. The largest absolute Gasteiger partial charge is 0.381 e. The molecule has 192 valence electrons. The first-order valence-corrected chi connectivity index (χ1v) is 12.4. The third kappa shape index (κ3) is 5.19. The van der Waals surface area contributed by atoms with Gasteiger partial charge in [0.2, 0.25) is 0 Å². The second kappa shape index (κ2) is 10.7. The van der Waals surface area contributed by atoms with Crippen LogP contribution >= 0.6 is 0 Å². The summed E-state index contributed by atoms with van der Waals surface area (Å²) in [4.78, 5) is 23.7. The molecule has 0 atom stereocenters. The molecule has 1 saturated heterocycles. The number of halogens is 1. The first kappa shape index (κ1) is 24.9. The Morgan fingerprint density at radius 3 is 2.70 bits per heavy atom. The van der Waals surface area contributed by atoms with Gasteiger partial charge in [-0.25, -0.2) is 14.4 Å². The van der Waals surface area contributed by atoms with E-state index in [1.165, 1.54) is 12.8 Å². The quantitative estimate of drug-likeness (QED) is 0.412. The van der Waals surface area contributed by atoms with Crippen LogP contribution in [-0.4, -0.2) is 52.5 Å². The first-order valence-electron chi connectivity index (χ1n) is 12.4. The average molecular weight is 503 g/mol. The minimum Gasteiger partial charge on any atom is -0.381 e. The number of pyridine rings is 2. The van der Waals surface area contributed by atoms with Crippen molar-refractivity contribution in [1.82, 2.24) is 24.6 Å². The van der Waals surface area contributed by atoms with Crippen molar-refractivity contribution in [3.05, 3.63) is 77.0 Å². The summed E-state index contributed by atoms with van der Waals surface area (Å²) in [5, 5.41) is 6.21. The van der Waals surface area contributed by atoms with Crippen LogP contribution in [0, 0.1) is 12.7 Å². The van der Waals surface area contributed by atoms with E-state index < -0.39 is 0 Å². The molecule has 0 spiro atoms. The number of anilines is 2. The molecule has 0 unspecified atom stereocenters. The highest BCUT2D eigenvalue weighted by Crippen LogP contribution is 2.35.